The van der Waals surface area contributed by atoms with Crippen molar-refractivity contribution in [2.75, 3.05) is 13.3 Å². The smallest absolute Gasteiger partial charge is 0.348 e. The molecule has 0 N–H and O–H groups in total. The van der Waals surface area contributed by atoms with Crippen molar-refractivity contribution in [2.24, 2.45) is 0 Å². The van der Waals surface area contributed by atoms with E-state index in [-0.39, 0.29) is 5.57 Å². The number of hydrogen-bond donors (Lipinski definition) is 0. The predicted molar refractivity (Wildman–Crippen MR) is 80.9 cm³/mol. The monoisotopic (exact) mass is 289 g/mol. The van der Waals surface area contributed by atoms with Crippen LogP contribution in [0.15, 0.2) is 29.8 Å². The Kier molecular flexibility index (Phi) is 5.53. The summed E-state index contributed by atoms with van der Waals surface area (Å²) in [5, 5.41) is 8.88. The molecule has 0 aliphatic rings. The standard InChI is InChI=1S/C15H19NO3Si/c1-18-15(17)13(10-16)9-12-5-7-14(8-6-12)19-11-20(2,3)4/h5-9H,11H2,1-4H3/b13-9+. The minimum absolute atomic E-state index is 0.0248. The molecule has 0 saturated carbocycles. The molecule has 20 heavy (non-hydrogen) atoms. The number of esters is 1. The van der Waals surface area contributed by atoms with E-state index in [1.165, 1.54) is 13.2 Å². The molecule has 0 atom stereocenters. The van der Waals surface area contributed by atoms with Crippen LogP contribution in [0.5, 0.6) is 5.75 Å². The molecule has 0 bridgehead atoms. The minimum atomic E-state index is -1.24. The van der Waals surface area contributed by atoms with Gasteiger partial charge < -0.3 is 9.47 Å². The lowest BCUT2D eigenvalue weighted by atomic mass is 10.1. The summed E-state index contributed by atoms with van der Waals surface area (Å²) >= 11 is 0. The molecule has 0 heterocycles. The lowest BCUT2D eigenvalue weighted by Crippen LogP contribution is -2.29. The Morgan fingerprint density at radius 3 is 2.35 bits per heavy atom. The average molecular weight is 289 g/mol. The average Bonchev–Trinajstić information content (AvgIpc) is 2.42. The summed E-state index contributed by atoms with van der Waals surface area (Å²) in [4.78, 5) is 11.3. The normalized spacial score (nSPS) is 11.7. The third-order valence-corrected chi connectivity index (χ3v) is 3.40. The molecule has 1 aromatic carbocycles. The molecule has 106 valence electrons. The fourth-order valence-electron chi connectivity index (χ4n) is 1.37. The fraction of sp³-hybridized carbons (Fsp3) is 0.333. The summed E-state index contributed by atoms with van der Waals surface area (Å²) in [5.41, 5.74) is 0.732. The van der Waals surface area contributed by atoms with Crippen LogP contribution < -0.4 is 4.74 Å². The molecule has 0 amide bonds. The van der Waals surface area contributed by atoms with Crippen LogP contribution in [0.3, 0.4) is 0 Å². The first-order chi connectivity index (χ1) is 9.35. The Morgan fingerprint density at radius 1 is 1.30 bits per heavy atom. The van der Waals surface area contributed by atoms with E-state index in [2.05, 4.69) is 24.4 Å². The number of methoxy groups -OCH3 is 1. The molecule has 0 spiro atoms. The van der Waals surface area contributed by atoms with Crippen molar-refractivity contribution in [3.8, 4) is 11.8 Å². The highest BCUT2D eigenvalue weighted by Crippen LogP contribution is 2.16. The van der Waals surface area contributed by atoms with Gasteiger partial charge in [0.2, 0.25) is 0 Å². The maximum absolute atomic E-state index is 11.3. The lowest BCUT2D eigenvalue weighted by Gasteiger charge is -2.16. The minimum Gasteiger partial charge on any atom is -0.497 e. The van der Waals surface area contributed by atoms with E-state index in [1.54, 1.807) is 12.1 Å². The first-order valence-electron chi connectivity index (χ1n) is 6.29. The molecule has 1 aromatic rings. The van der Waals surface area contributed by atoms with E-state index >= 15 is 0 Å². The summed E-state index contributed by atoms with van der Waals surface area (Å²) in [7, 11) is 0.00702. The highest BCUT2D eigenvalue weighted by atomic mass is 28.3. The van der Waals surface area contributed by atoms with Crippen molar-refractivity contribution in [3.63, 3.8) is 0 Å². The third kappa shape index (κ3) is 5.29. The zero-order chi connectivity index (χ0) is 15.2. The Bertz CT molecular complexity index is 536. The van der Waals surface area contributed by atoms with Crippen LogP contribution in [-0.4, -0.2) is 27.4 Å². The van der Waals surface area contributed by atoms with E-state index in [0.29, 0.717) is 0 Å². The van der Waals surface area contributed by atoms with Gasteiger partial charge in [0, 0.05) is 0 Å². The highest BCUT2D eigenvalue weighted by Gasteiger charge is 2.14. The number of rotatable bonds is 5. The zero-order valence-electron chi connectivity index (χ0n) is 12.3. The summed E-state index contributed by atoms with van der Waals surface area (Å²) in [5.74, 6) is 0.160. The Morgan fingerprint density at radius 2 is 1.90 bits per heavy atom. The molecule has 0 fully saturated rings. The summed E-state index contributed by atoms with van der Waals surface area (Å²) < 4.78 is 10.2. The maximum atomic E-state index is 11.3. The Hall–Kier alpha value is -2.06. The largest absolute Gasteiger partial charge is 0.497 e. The molecule has 0 saturated heterocycles. The molecule has 0 aromatic heterocycles. The number of carbonyl (C=O) groups is 1. The van der Waals surface area contributed by atoms with Gasteiger partial charge in [-0.1, -0.05) is 31.8 Å². The molecule has 5 heteroatoms. The SMILES string of the molecule is COC(=O)/C(C#N)=C/c1ccc(OC[Si](C)(C)C)cc1. The number of benzene rings is 1. The molecular weight excluding hydrogens is 270 g/mol. The molecule has 0 aliphatic carbocycles. The van der Waals surface area contributed by atoms with Gasteiger partial charge in [0.25, 0.3) is 0 Å². The van der Waals surface area contributed by atoms with Crippen LogP contribution in [-0.2, 0) is 9.53 Å². The van der Waals surface area contributed by atoms with Crippen LogP contribution in [0.25, 0.3) is 6.08 Å². The first-order valence-corrected chi connectivity index (χ1v) is 9.99. The molecular formula is C15H19NO3Si. The molecule has 0 unspecified atom stereocenters. The number of ether oxygens (including phenoxy) is 2. The summed E-state index contributed by atoms with van der Waals surface area (Å²) in [6.07, 6.45) is 2.25. The number of nitriles is 1. The van der Waals surface area contributed by atoms with Gasteiger partial charge in [-0.15, -0.1) is 0 Å². The topological polar surface area (TPSA) is 59.3 Å². The van der Waals surface area contributed by atoms with Gasteiger partial charge in [0.1, 0.15) is 17.4 Å². The quantitative estimate of drug-likeness (QED) is 0.362. The van der Waals surface area contributed by atoms with Crippen molar-refractivity contribution >= 4 is 20.1 Å². The molecule has 4 nitrogen and oxygen atoms in total. The Balaban J connectivity index is 2.79. The van der Waals surface area contributed by atoms with Crippen molar-refractivity contribution in [1.82, 2.24) is 0 Å². The van der Waals surface area contributed by atoms with Crippen LogP contribution in [0.2, 0.25) is 19.6 Å². The lowest BCUT2D eigenvalue weighted by molar-refractivity contribution is -0.135. The summed E-state index contributed by atoms with van der Waals surface area (Å²) in [6, 6.07) is 9.10. The van der Waals surface area contributed by atoms with Crippen molar-refractivity contribution in [1.29, 1.82) is 5.26 Å². The second-order valence-corrected chi connectivity index (χ2v) is 11.0. The van der Waals surface area contributed by atoms with Crippen LogP contribution in [0.4, 0.5) is 0 Å². The highest BCUT2D eigenvalue weighted by molar-refractivity contribution is 6.76. The van der Waals surface area contributed by atoms with Crippen LogP contribution >= 0.6 is 0 Å². The summed E-state index contributed by atoms with van der Waals surface area (Å²) in [6.45, 7) is 6.71. The second kappa shape index (κ2) is 6.92. The molecule has 0 aliphatic heterocycles. The van der Waals surface area contributed by atoms with Gasteiger partial charge in [0.15, 0.2) is 0 Å². The van der Waals surface area contributed by atoms with Gasteiger partial charge in [-0.3, -0.25) is 0 Å². The van der Waals surface area contributed by atoms with Gasteiger partial charge in [-0.25, -0.2) is 4.79 Å². The van der Waals surface area contributed by atoms with Crippen LogP contribution in [0.1, 0.15) is 5.56 Å². The van der Waals surface area contributed by atoms with Crippen molar-refractivity contribution in [3.05, 3.63) is 35.4 Å². The van der Waals surface area contributed by atoms with Crippen molar-refractivity contribution < 1.29 is 14.3 Å². The fourth-order valence-corrected chi connectivity index (χ4v) is 1.97. The van der Waals surface area contributed by atoms with Crippen LogP contribution in [0, 0.1) is 11.3 Å². The van der Waals surface area contributed by atoms with Gasteiger partial charge in [-0.2, -0.15) is 5.26 Å². The Labute approximate surface area is 120 Å². The van der Waals surface area contributed by atoms with E-state index in [9.17, 15) is 4.79 Å². The zero-order valence-corrected chi connectivity index (χ0v) is 13.3. The maximum Gasteiger partial charge on any atom is 0.348 e. The predicted octanol–water partition coefficient (Wildman–Crippen LogP) is 3.02. The van der Waals surface area contributed by atoms with Gasteiger partial charge in [0.05, 0.1) is 21.4 Å². The van der Waals surface area contributed by atoms with E-state index in [4.69, 9.17) is 10.00 Å². The van der Waals surface area contributed by atoms with E-state index < -0.39 is 14.0 Å². The second-order valence-electron chi connectivity index (χ2n) is 5.58. The van der Waals surface area contributed by atoms with Gasteiger partial charge >= 0.3 is 5.97 Å². The molecule has 0 radical (unpaired) electrons. The van der Waals surface area contributed by atoms with E-state index in [1.807, 2.05) is 18.2 Å². The van der Waals surface area contributed by atoms with Crippen molar-refractivity contribution in [2.45, 2.75) is 19.6 Å². The molecule has 1 rings (SSSR count). The third-order valence-electron chi connectivity index (χ3n) is 2.39. The number of nitrogens with zero attached hydrogens (tertiary/aromatic N) is 1. The number of hydrogen-bond acceptors (Lipinski definition) is 4. The number of carbonyl (C=O) groups excluding carboxylic acids is 1. The van der Waals surface area contributed by atoms with E-state index in [0.717, 1.165) is 17.5 Å². The first kappa shape index (κ1) is 16.0. The van der Waals surface area contributed by atoms with Gasteiger partial charge in [-0.05, 0) is 23.8 Å².